The van der Waals surface area contributed by atoms with E-state index in [9.17, 15) is 14.8 Å². The summed E-state index contributed by atoms with van der Waals surface area (Å²) in [5.41, 5.74) is -2.29. The fraction of sp³-hybridized carbons (Fsp3) is 0.880. The van der Waals surface area contributed by atoms with Gasteiger partial charge in [0, 0.05) is 12.8 Å². The lowest BCUT2D eigenvalue weighted by molar-refractivity contribution is -0.529. The Morgan fingerprint density at radius 1 is 1.06 bits per heavy atom. The van der Waals surface area contributed by atoms with E-state index in [2.05, 4.69) is 67.7 Å². The van der Waals surface area contributed by atoms with Crippen LogP contribution in [0.1, 0.15) is 75.2 Å². The summed E-state index contributed by atoms with van der Waals surface area (Å²) in [6, 6.07) is -0.761. The zero-order valence-electron chi connectivity index (χ0n) is 24.2. The second-order valence-electron chi connectivity index (χ2n) is 14.1. The van der Waals surface area contributed by atoms with Crippen molar-refractivity contribution >= 4 is 34.8 Å². The van der Waals surface area contributed by atoms with Crippen LogP contribution in [0.5, 0.6) is 0 Å². The molecule has 2 aliphatic heterocycles. The maximum Gasteiger partial charge on any atom is 0.417 e. The number of carbonyl (C=O) groups excluding carboxylic acids is 2. The molecule has 1 saturated heterocycles. The number of likely N-dealkylation sites (tertiary alicyclic amines) is 1. The number of rotatable bonds is 5. The summed E-state index contributed by atoms with van der Waals surface area (Å²) in [7, 11) is -4.67. The first kappa shape index (κ1) is 30.0. The summed E-state index contributed by atoms with van der Waals surface area (Å²) in [5.74, 6) is -0.553. The summed E-state index contributed by atoms with van der Waals surface area (Å²) < 4.78 is 19.8. The predicted octanol–water partition coefficient (Wildman–Crippen LogP) is 5.66. The van der Waals surface area contributed by atoms with Crippen molar-refractivity contribution in [1.29, 1.82) is 0 Å². The highest BCUT2D eigenvalue weighted by atomic mass is 28.4. The van der Waals surface area contributed by atoms with Crippen molar-refractivity contribution in [1.82, 2.24) is 4.90 Å². The van der Waals surface area contributed by atoms with Gasteiger partial charge in [0.25, 0.3) is 5.54 Å². The third-order valence-electron chi connectivity index (χ3n) is 8.19. The van der Waals surface area contributed by atoms with Crippen LogP contribution in [0.3, 0.4) is 0 Å². The lowest BCUT2D eigenvalue weighted by Crippen LogP contribution is -2.58. The summed E-state index contributed by atoms with van der Waals surface area (Å²) in [6.45, 7) is 26.6. The van der Waals surface area contributed by atoms with E-state index in [4.69, 9.17) is 13.6 Å². The van der Waals surface area contributed by atoms with Crippen LogP contribution >= 0.6 is 0 Å². The first-order valence-electron chi connectivity index (χ1n) is 12.7. The van der Waals surface area contributed by atoms with Crippen LogP contribution in [-0.4, -0.2) is 74.4 Å². The lowest BCUT2D eigenvalue weighted by atomic mass is 9.90. The molecule has 0 N–H and O–H groups in total. The van der Waals surface area contributed by atoms with Crippen molar-refractivity contribution < 1.29 is 27.9 Å². The van der Waals surface area contributed by atoms with Crippen LogP contribution in [0.15, 0.2) is 0 Å². The molecular weight excluding hydrogens is 480 g/mol. The van der Waals surface area contributed by atoms with Crippen molar-refractivity contribution in [2.24, 2.45) is 0 Å². The largest absolute Gasteiger partial charge is 0.623 e. The zero-order chi connectivity index (χ0) is 27.4. The average Bonchev–Trinajstić information content (AvgIpc) is 3.11. The Balaban J connectivity index is 2.63. The second-order valence-corrected chi connectivity index (χ2v) is 23.6. The molecule has 2 aliphatic rings. The van der Waals surface area contributed by atoms with Crippen LogP contribution in [0, 0.1) is 5.21 Å². The molecule has 0 aromatic rings. The molecule has 2 amide bonds. The smallest absolute Gasteiger partial charge is 0.417 e. The van der Waals surface area contributed by atoms with Gasteiger partial charge in [0.2, 0.25) is 0 Å². The number of hydrogen-bond acceptors (Lipinski definition) is 6. The molecule has 10 heteroatoms. The van der Waals surface area contributed by atoms with Crippen molar-refractivity contribution in [2.75, 3.05) is 6.61 Å². The Morgan fingerprint density at radius 2 is 1.57 bits per heavy atom. The summed E-state index contributed by atoms with van der Waals surface area (Å²) >= 11 is 0. The van der Waals surface area contributed by atoms with E-state index in [0.29, 0.717) is 12.8 Å². The van der Waals surface area contributed by atoms with Crippen molar-refractivity contribution in [3.8, 4) is 0 Å². The minimum atomic E-state index is -2.44. The summed E-state index contributed by atoms with van der Waals surface area (Å²) in [5, 5.41) is 13.1. The van der Waals surface area contributed by atoms with Gasteiger partial charge in [-0.25, -0.2) is 9.69 Å². The van der Waals surface area contributed by atoms with Crippen LogP contribution in [0.2, 0.25) is 36.3 Å². The molecule has 1 fully saturated rings. The first-order valence-corrected chi connectivity index (χ1v) is 18.5. The molecule has 1 unspecified atom stereocenters. The average molecular weight is 529 g/mol. The third kappa shape index (κ3) is 5.70. The molecule has 0 aliphatic carbocycles. The van der Waals surface area contributed by atoms with Crippen LogP contribution in [0.25, 0.3) is 0 Å². The van der Waals surface area contributed by atoms with Gasteiger partial charge in [0.05, 0.1) is 12.6 Å². The van der Waals surface area contributed by atoms with Crippen LogP contribution < -0.4 is 0 Å². The van der Waals surface area contributed by atoms with E-state index in [1.165, 1.54) is 6.21 Å². The molecule has 8 nitrogen and oxygen atoms in total. The van der Waals surface area contributed by atoms with Gasteiger partial charge in [0.15, 0.2) is 22.8 Å². The van der Waals surface area contributed by atoms with Crippen LogP contribution in [-0.2, 0) is 18.4 Å². The number of nitrogens with zero attached hydrogens (tertiary/aromatic N) is 2. The monoisotopic (exact) mass is 528 g/mol. The number of hydrogen-bond donors (Lipinski definition) is 0. The standard InChI is InChI=1S/C25H48N2O6Si2/c1-22(2,3)32-21(29)27-18(17-31-34(10,11)23(4,5)6)19(33-35(12,13)24(7,8)9)25(20(27)28)15-14-16-26(25)30/h16,18-19H,14-15,17H2,1-13H3/t18?,19-,25+/m0/s1. The number of ether oxygens (including phenoxy) is 1. The fourth-order valence-electron chi connectivity index (χ4n) is 3.95. The molecule has 0 radical (unpaired) electrons. The Kier molecular flexibility index (Phi) is 7.93. The van der Waals surface area contributed by atoms with Gasteiger partial charge < -0.3 is 18.8 Å². The maximum absolute atomic E-state index is 14.0. The minimum absolute atomic E-state index is 0.0639. The number of amides is 2. The highest BCUT2D eigenvalue weighted by Crippen LogP contribution is 2.46. The van der Waals surface area contributed by atoms with Crippen LogP contribution in [0.4, 0.5) is 4.79 Å². The molecule has 35 heavy (non-hydrogen) atoms. The molecule has 0 bridgehead atoms. The molecule has 0 saturated carbocycles. The molecule has 2 rings (SSSR count). The van der Waals surface area contributed by atoms with Gasteiger partial charge in [-0.1, -0.05) is 41.5 Å². The van der Waals surface area contributed by atoms with E-state index in [1.807, 2.05) is 0 Å². The Hall–Kier alpha value is -1.24. The Labute approximate surface area is 214 Å². The van der Waals surface area contributed by atoms with E-state index in [-0.39, 0.29) is 16.7 Å². The number of carbonyl (C=O) groups is 2. The SMILES string of the molecule is CC(C)(C)OC(=O)N1C(=O)[C@@]2(CCC=[N+]2[O-])[C@@H](O[Si](C)(C)C(C)(C)C)C1CO[Si](C)(C)C(C)(C)C. The van der Waals surface area contributed by atoms with Gasteiger partial charge >= 0.3 is 12.0 Å². The topological polar surface area (TPSA) is 91.1 Å². The van der Waals surface area contributed by atoms with Crippen molar-refractivity contribution in [3.05, 3.63) is 5.21 Å². The summed E-state index contributed by atoms with van der Waals surface area (Å²) in [6.07, 6.45) is 0.663. The molecule has 0 aromatic carbocycles. The van der Waals surface area contributed by atoms with E-state index in [0.717, 1.165) is 9.64 Å². The second kappa shape index (κ2) is 9.26. The summed E-state index contributed by atoms with van der Waals surface area (Å²) in [4.78, 5) is 28.5. The molecule has 202 valence electrons. The van der Waals surface area contributed by atoms with E-state index >= 15 is 0 Å². The number of hydroxylamine groups is 1. The molecule has 3 atom stereocenters. The van der Waals surface area contributed by atoms with Gasteiger partial charge in [0.1, 0.15) is 11.7 Å². The maximum atomic E-state index is 14.0. The molecule has 1 spiro atoms. The van der Waals surface area contributed by atoms with E-state index < -0.39 is 51.9 Å². The minimum Gasteiger partial charge on any atom is -0.623 e. The molecular formula is C25H48N2O6Si2. The Bertz CT molecular complexity index is 867. The van der Waals surface area contributed by atoms with Gasteiger partial charge in [-0.15, -0.1) is 0 Å². The van der Waals surface area contributed by atoms with Crippen molar-refractivity contribution in [2.45, 2.75) is 135 Å². The third-order valence-corrected chi connectivity index (χ3v) is 17.2. The van der Waals surface area contributed by atoms with Gasteiger partial charge in [-0.2, -0.15) is 4.74 Å². The zero-order valence-corrected chi connectivity index (χ0v) is 26.2. The lowest BCUT2D eigenvalue weighted by Gasteiger charge is -2.43. The normalized spacial score (nSPS) is 26.5. The van der Waals surface area contributed by atoms with Gasteiger partial charge in [-0.05, 0) is 57.0 Å². The quantitative estimate of drug-likeness (QED) is 0.260. The predicted molar refractivity (Wildman–Crippen MR) is 144 cm³/mol. The first-order chi connectivity index (χ1) is 15.5. The molecule has 0 aromatic heterocycles. The van der Waals surface area contributed by atoms with Gasteiger partial charge in [-0.3, -0.25) is 4.79 Å². The van der Waals surface area contributed by atoms with Crippen molar-refractivity contribution in [3.63, 3.8) is 0 Å². The highest BCUT2D eigenvalue weighted by Gasteiger charge is 2.71. The number of imide groups is 1. The molecule has 2 heterocycles. The Morgan fingerprint density at radius 3 is 1.97 bits per heavy atom. The fourth-order valence-corrected chi connectivity index (χ4v) is 6.31. The highest BCUT2D eigenvalue weighted by molar-refractivity contribution is 6.74. The van der Waals surface area contributed by atoms with E-state index in [1.54, 1.807) is 20.8 Å².